The number of morpholine rings is 1. The summed E-state index contributed by atoms with van der Waals surface area (Å²) in [5.41, 5.74) is 1.42. The smallest absolute Gasteiger partial charge is 0.279 e. The van der Waals surface area contributed by atoms with Gasteiger partial charge in [-0.2, -0.15) is 4.31 Å². The Labute approximate surface area is 168 Å². The standard InChI is InChI=1S/C20H31N3O4S/c1-15-10-16(2)13-22(12-15)14-20(24)21-19-11-18(5-4-17(19)3)28(25,26)23-6-8-27-9-7-23/h4-5,11,15-16H,6-10,12-14H2,1-3H3,(H,21,24)/p+1/t15-,16+. The van der Waals surface area contributed by atoms with Crippen molar-refractivity contribution in [1.29, 1.82) is 0 Å². The van der Waals surface area contributed by atoms with Crippen molar-refractivity contribution in [2.75, 3.05) is 51.3 Å². The van der Waals surface area contributed by atoms with Crippen LogP contribution in [0.25, 0.3) is 0 Å². The van der Waals surface area contributed by atoms with Crippen LogP contribution in [0, 0.1) is 18.8 Å². The number of rotatable bonds is 5. The summed E-state index contributed by atoms with van der Waals surface area (Å²) in [6, 6.07) is 4.94. The van der Waals surface area contributed by atoms with Crippen LogP contribution in [0.2, 0.25) is 0 Å². The lowest BCUT2D eigenvalue weighted by atomic mass is 9.92. The molecule has 1 aromatic rings. The first-order valence-corrected chi connectivity index (χ1v) is 11.5. The molecule has 2 saturated heterocycles. The molecule has 0 bridgehead atoms. The highest BCUT2D eigenvalue weighted by Crippen LogP contribution is 2.23. The number of nitrogens with zero attached hydrogens (tertiary/aromatic N) is 1. The Bertz CT molecular complexity index is 796. The lowest BCUT2D eigenvalue weighted by Crippen LogP contribution is -3.15. The second-order valence-electron chi connectivity index (χ2n) is 8.32. The number of sulfonamides is 1. The largest absolute Gasteiger partial charge is 0.379 e. The van der Waals surface area contributed by atoms with E-state index in [0.29, 0.717) is 50.4 Å². The zero-order chi connectivity index (χ0) is 20.3. The molecule has 0 radical (unpaired) electrons. The van der Waals surface area contributed by atoms with Crippen LogP contribution in [0.1, 0.15) is 25.8 Å². The molecule has 1 unspecified atom stereocenters. The molecule has 3 rings (SSSR count). The Balaban J connectivity index is 1.70. The monoisotopic (exact) mass is 410 g/mol. The number of carbonyl (C=O) groups excluding carboxylic acids is 1. The van der Waals surface area contributed by atoms with Gasteiger partial charge in [0.2, 0.25) is 10.0 Å². The van der Waals surface area contributed by atoms with E-state index >= 15 is 0 Å². The number of hydrogen-bond donors (Lipinski definition) is 2. The van der Waals surface area contributed by atoms with Gasteiger partial charge >= 0.3 is 0 Å². The maximum atomic E-state index is 12.9. The first kappa shape index (κ1) is 21.2. The highest BCUT2D eigenvalue weighted by Gasteiger charge is 2.28. The predicted octanol–water partition coefficient (Wildman–Crippen LogP) is 0.515. The van der Waals surface area contributed by atoms with Crippen LogP contribution < -0.4 is 10.2 Å². The minimum absolute atomic E-state index is 0.0691. The summed E-state index contributed by atoms with van der Waals surface area (Å²) in [6.45, 7) is 10.3. The number of hydrogen-bond acceptors (Lipinski definition) is 4. The van der Waals surface area contributed by atoms with Crippen molar-refractivity contribution in [3.05, 3.63) is 23.8 Å². The molecule has 28 heavy (non-hydrogen) atoms. The van der Waals surface area contributed by atoms with Gasteiger partial charge < -0.3 is 15.0 Å². The highest BCUT2D eigenvalue weighted by atomic mass is 32.2. The summed E-state index contributed by atoms with van der Waals surface area (Å²) in [4.78, 5) is 14.1. The average molecular weight is 411 g/mol. The van der Waals surface area contributed by atoms with E-state index in [1.807, 2.05) is 6.92 Å². The second-order valence-corrected chi connectivity index (χ2v) is 10.3. The fourth-order valence-electron chi connectivity index (χ4n) is 4.32. The van der Waals surface area contributed by atoms with Gasteiger partial charge in [-0.15, -0.1) is 0 Å². The van der Waals surface area contributed by atoms with Crippen molar-refractivity contribution in [3.8, 4) is 0 Å². The second kappa shape index (κ2) is 8.90. The van der Waals surface area contributed by atoms with Crippen molar-refractivity contribution in [3.63, 3.8) is 0 Å². The molecular formula is C20H32N3O4S+. The van der Waals surface area contributed by atoms with Crippen molar-refractivity contribution >= 4 is 21.6 Å². The zero-order valence-corrected chi connectivity index (χ0v) is 17.8. The van der Waals surface area contributed by atoms with Crippen LogP contribution in [-0.2, 0) is 19.6 Å². The number of anilines is 1. The van der Waals surface area contributed by atoms with Crippen molar-refractivity contribution in [2.45, 2.75) is 32.1 Å². The van der Waals surface area contributed by atoms with Gasteiger partial charge in [-0.1, -0.05) is 19.9 Å². The Morgan fingerprint density at radius 3 is 2.50 bits per heavy atom. The fraction of sp³-hybridized carbons (Fsp3) is 0.650. The van der Waals surface area contributed by atoms with Gasteiger partial charge in [0.15, 0.2) is 6.54 Å². The summed E-state index contributed by atoms with van der Waals surface area (Å²) in [5.74, 6) is 1.17. The van der Waals surface area contributed by atoms with Gasteiger partial charge in [-0.3, -0.25) is 4.79 Å². The van der Waals surface area contributed by atoms with Crippen LogP contribution in [-0.4, -0.2) is 64.6 Å². The normalized spacial score (nSPS) is 26.8. The molecule has 2 heterocycles. The summed E-state index contributed by atoms with van der Waals surface area (Å²) in [6.07, 6.45) is 1.21. The number of nitrogens with one attached hydrogen (secondary N) is 2. The van der Waals surface area contributed by atoms with Crippen molar-refractivity contribution in [1.82, 2.24) is 4.31 Å². The van der Waals surface area contributed by atoms with E-state index in [1.54, 1.807) is 18.2 Å². The third-order valence-electron chi connectivity index (χ3n) is 5.58. The fourth-order valence-corrected chi connectivity index (χ4v) is 5.76. The predicted molar refractivity (Wildman–Crippen MR) is 108 cm³/mol. The molecule has 1 amide bonds. The molecular weight excluding hydrogens is 378 g/mol. The SMILES string of the molecule is Cc1ccc(S(=O)(=O)N2CCOCC2)cc1NC(=O)C[NH+]1C[C@H](C)C[C@H](C)C1. The quantitative estimate of drug-likeness (QED) is 0.742. The molecule has 0 saturated carbocycles. The number of quaternary nitrogens is 1. The molecule has 156 valence electrons. The van der Waals surface area contributed by atoms with E-state index in [9.17, 15) is 13.2 Å². The van der Waals surface area contributed by atoms with Crippen LogP contribution in [0.15, 0.2) is 23.1 Å². The third kappa shape index (κ3) is 5.11. The number of carbonyl (C=O) groups is 1. The Morgan fingerprint density at radius 1 is 1.21 bits per heavy atom. The van der Waals surface area contributed by atoms with Gasteiger partial charge in [0.25, 0.3) is 5.91 Å². The topological polar surface area (TPSA) is 80.2 Å². The summed E-state index contributed by atoms with van der Waals surface area (Å²) < 4.78 is 32.4. The average Bonchev–Trinajstić information content (AvgIpc) is 2.63. The van der Waals surface area contributed by atoms with Crippen molar-refractivity contribution < 1.29 is 22.8 Å². The lowest BCUT2D eigenvalue weighted by molar-refractivity contribution is -0.904. The molecule has 2 aliphatic heterocycles. The number of ether oxygens (including phenoxy) is 1. The summed E-state index contributed by atoms with van der Waals surface area (Å²) in [7, 11) is -3.58. The Hall–Kier alpha value is -1.48. The van der Waals surface area contributed by atoms with Gasteiger partial charge in [0.05, 0.1) is 31.2 Å². The molecule has 8 heteroatoms. The van der Waals surface area contributed by atoms with E-state index < -0.39 is 10.0 Å². The lowest BCUT2D eigenvalue weighted by Gasteiger charge is -2.31. The molecule has 2 aliphatic rings. The van der Waals surface area contributed by atoms with E-state index in [4.69, 9.17) is 4.74 Å². The number of likely N-dealkylation sites (tertiary alicyclic amines) is 1. The van der Waals surface area contributed by atoms with Gasteiger partial charge in [-0.05, 0) is 31.0 Å². The van der Waals surface area contributed by atoms with E-state index in [2.05, 4.69) is 19.2 Å². The molecule has 1 aromatic carbocycles. The van der Waals surface area contributed by atoms with Crippen LogP contribution in [0.4, 0.5) is 5.69 Å². The first-order chi connectivity index (χ1) is 13.3. The van der Waals surface area contributed by atoms with E-state index in [0.717, 1.165) is 18.7 Å². The number of benzene rings is 1. The van der Waals surface area contributed by atoms with E-state index in [-0.39, 0.29) is 10.8 Å². The number of aryl methyl sites for hydroxylation is 1. The Morgan fingerprint density at radius 2 is 1.86 bits per heavy atom. The third-order valence-corrected chi connectivity index (χ3v) is 7.48. The van der Waals surface area contributed by atoms with E-state index in [1.165, 1.54) is 15.6 Å². The van der Waals surface area contributed by atoms with Crippen LogP contribution in [0.5, 0.6) is 0 Å². The number of amides is 1. The molecule has 0 aliphatic carbocycles. The highest BCUT2D eigenvalue weighted by molar-refractivity contribution is 7.89. The summed E-state index contributed by atoms with van der Waals surface area (Å²) >= 11 is 0. The minimum Gasteiger partial charge on any atom is -0.379 e. The molecule has 2 N–H and O–H groups in total. The molecule has 3 atom stereocenters. The molecule has 2 fully saturated rings. The Kier molecular flexibility index (Phi) is 6.75. The van der Waals surface area contributed by atoms with Gasteiger partial charge in [0, 0.05) is 30.6 Å². The first-order valence-electron chi connectivity index (χ1n) is 10.1. The molecule has 7 nitrogen and oxygen atoms in total. The maximum Gasteiger partial charge on any atom is 0.279 e. The summed E-state index contributed by atoms with van der Waals surface area (Å²) in [5, 5.41) is 2.94. The number of piperidine rings is 1. The minimum atomic E-state index is -3.58. The molecule has 0 spiro atoms. The molecule has 0 aromatic heterocycles. The van der Waals surface area contributed by atoms with Gasteiger partial charge in [0.1, 0.15) is 0 Å². The maximum absolute atomic E-state index is 12.9. The van der Waals surface area contributed by atoms with Crippen molar-refractivity contribution in [2.24, 2.45) is 11.8 Å². The van der Waals surface area contributed by atoms with Gasteiger partial charge in [-0.25, -0.2) is 8.42 Å². The van der Waals surface area contributed by atoms with Crippen LogP contribution >= 0.6 is 0 Å². The zero-order valence-electron chi connectivity index (χ0n) is 17.0. The van der Waals surface area contributed by atoms with Crippen LogP contribution in [0.3, 0.4) is 0 Å².